The van der Waals surface area contributed by atoms with Crippen LogP contribution in [0.5, 0.6) is 11.5 Å². The molecule has 0 heterocycles. The summed E-state index contributed by atoms with van der Waals surface area (Å²) in [5, 5.41) is 9.63. The Balaban J connectivity index is 1.33. The fraction of sp³-hybridized carbons (Fsp3) is 0.441. The molecule has 0 saturated heterocycles. The Kier molecular flexibility index (Phi) is 6.63. The molecule has 1 spiro atoms. The average molecular weight is 547 g/mol. The van der Waals surface area contributed by atoms with Crippen molar-refractivity contribution in [3.8, 4) is 22.6 Å². The molecule has 3 atom stereocenters. The fourth-order valence-corrected chi connectivity index (χ4v) is 7.49. The SMILES string of the molecule is COc1ccc(F)c(-c2ccc(COc3ccc4c(c3F)[C@]3(CCC4)C[C@H]3C(=O)O)cc2[C@H]2CCCC2(C)C)c1. The zero-order valence-electron chi connectivity index (χ0n) is 23.4. The third-order valence-electron chi connectivity index (χ3n) is 9.74. The molecule has 210 valence electrons. The molecule has 3 aliphatic rings. The van der Waals surface area contributed by atoms with E-state index >= 15 is 8.78 Å². The average Bonchev–Trinajstić information content (AvgIpc) is 3.53. The Morgan fingerprint density at radius 3 is 2.55 bits per heavy atom. The Hall–Kier alpha value is -3.41. The van der Waals surface area contributed by atoms with Gasteiger partial charge < -0.3 is 14.6 Å². The van der Waals surface area contributed by atoms with Crippen LogP contribution in [-0.2, 0) is 23.2 Å². The largest absolute Gasteiger partial charge is 0.497 e. The van der Waals surface area contributed by atoms with Gasteiger partial charge in [0.25, 0.3) is 0 Å². The Bertz CT molecular complexity index is 1480. The lowest BCUT2D eigenvalue weighted by atomic mass is 9.75. The fourth-order valence-electron chi connectivity index (χ4n) is 7.49. The van der Waals surface area contributed by atoms with E-state index in [1.165, 1.54) is 6.07 Å². The van der Waals surface area contributed by atoms with Crippen LogP contribution in [0.3, 0.4) is 0 Å². The molecule has 1 N–H and O–H groups in total. The first-order valence-corrected chi connectivity index (χ1v) is 14.3. The minimum Gasteiger partial charge on any atom is -0.497 e. The predicted molar refractivity (Wildman–Crippen MR) is 150 cm³/mol. The van der Waals surface area contributed by atoms with Crippen molar-refractivity contribution >= 4 is 5.97 Å². The van der Waals surface area contributed by atoms with Crippen LogP contribution in [0.2, 0.25) is 0 Å². The molecule has 2 saturated carbocycles. The molecular weight excluding hydrogens is 510 g/mol. The summed E-state index contributed by atoms with van der Waals surface area (Å²) in [7, 11) is 1.57. The van der Waals surface area contributed by atoms with E-state index < -0.39 is 23.1 Å². The van der Waals surface area contributed by atoms with Crippen molar-refractivity contribution < 1.29 is 28.2 Å². The standard InChI is InChI=1S/C34H36F2O4/c1-33(2)14-5-7-26(33)24-16-20(8-11-23(24)25-17-22(39-3)10-12-28(25)35)19-40-29-13-9-21-6-4-15-34(30(21)31(29)36)18-27(34)32(37)38/h8-13,16-17,26-27H,4-7,14-15,18-19H2,1-3H3,(H,37,38)/t26-,27+,34-/m1/s1. The third-order valence-corrected chi connectivity index (χ3v) is 9.74. The van der Waals surface area contributed by atoms with E-state index in [9.17, 15) is 9.90 Å². The van der Waals surface area contributed by atoms with Crippen LogP contribution in [0.4, 0.5) is 8.78 Å². The highest BCUT2D eigenvalue weighted by Gasteiger charge is 2.62. The second-order valence-corrected chi connectivity index (χ2v) is 12.5. The van der Waals surface area contributed by atoms with E-state index in [0.29, 0.717) is 29.7 Å². The lowest BCUT2D eigenvalue weighted by Gasteiger charge is -2.30. The van der Waals surface area contributed by atoms with Gasteiger partial charge in [-0.3, -0.25) is 4.79 Å². The normalized spacial score (nSPS) is 24.5. The predicted octanol–water partition coefficient (Wildman–Crippen LogP) is 8.19. The molecule has 40 heavy (non-hydrogen) atoms. The van der Waals surface area contributed by atoms with E-state index in [0.717, 1.165) is 54.4 Å². The second kappa shape index (κ2) is 9.90. The summed E-state index contributed by atoms with van der Waals surface area (Å²) >= 11 is 0. The number of carboxylic acids is 1. The molecular formula is C34H36F2O4. The van der Waals surface area contributed by atoms with Crippen molar-refractivity contribution in [1.29, 1.82) is 0 Å². The van der Waals surface area contributed by atoms with Gasteiger partial charge in [-0.2, -0.15) is 0 Å². The summed E-state index contributed by atoms with van der Waals surface area (Å²) in [4.78, 5) is 11.7. The Morgan fingerprint density at radius 2 is 1.85 bits per heavy atom. The zero-order chi connectivity index (χ0) is 28.2. The molecule has 3 aromatic rings. The summed E-state index contributed by atoms with van der Waals surface area (Å²) in [6.07, 6.45) is 6.02. The maximum absolute atomic E-state index is 15.9. The van der Waals surface area contributed by atoms with E-state index in [-0.39, 0.29) is 29.5 Å². The number of ether oxygens (including phenoxy) is 2. The number of rotatable bonds is 7. The third kappa shape index (κ3) is 4.46. The number of hydrogen-bond acceptors (Lipinski definition) is 3. The van der Waals surface area contributed by atoms with E-state index in [1.54, 1.807) is 25.3 Å². The van der Waals surface area contributed by atoms with Gasteiger partial charge in [0.2, 0.25) is 0 Å². The van der Waals surface area contributed by atoms with E-state index in [2.05, 4.69) is 19.9 Å². The van der Waals surface area contributed by atoms with E-state index in [4.69, 9.17) is 9.47 Å². The first-order valence-electron chi connectivity index (χ1n) is 14.3. The van der Waals surface area contributed by atoms with Gasteiger partial charge in [-0.15, -0.1) is 0 Å². The smallest absolute Gasteiger partial charge is 0.307 e. The number of aryl methyl sites for hydroxylation is 1. The summed E-state index contributed by atoms with van der Waals surface area (Å²) < 4.78 is 42.4. The van der Waals surface area contributed by atoms with Crippen LogP contribution in [0, 0.1) is 23.0 Å². The van der Waals surface area contributed by atoms with Crippen molar-refractivity contribution in [2.45, 2.75) is 76.7 Å². The van der Waals surface area contributed by atoms with E-state index in [1.807, 2.05) is 18.2 Å². The summed E-state index contributed by atoms with van der Waals surface area (Å²) in [5.74, 6) is -1.11. The van der Waals surface area contributed by atoms with Gasteiger partial charge in [0.1, 0.15) is 18.2 Å². The molecule has 2 fully saturated rings. The van der Waals surface area contributed by atoms with Crippen molar-refractivity contribution in [2.75, 3.05) is 7.11 Å². The van der Waals surface area contributed by atoms with Gasteiger partial charge in [0.05, 0.1) is 13.0 Å². The Morgan fingerprint density at radius 1 is 1.02 bits per heavy atom. The van der Waals surface area contributed by atoms with Gasteiger partial charge in [0.15, 0.2) is 11.6 Å². The maximum atomic E-state index is 15.9. The van der Waals surface area contributed by atoms with Crippen LogP contribution >= 0.6 is 0 Å². The van der Waals surface area contributed by atoms with Gasteiger partial charge in [-0.1, -0.05) is 44.5 Å². The number of carboxylic acid groups (broad SMARTS) is 1. The molecule has 0 unspecified atom stereocenters. The highest BCUT2D eigenvalue weighted by atomic mass is 19.1. The molecule has 3 aromatic carbocycles. The van der Waals surface area contributed by atoms with Crippen molar-refractivity contribution in [2.24, 2.45) is 11.3 Å². The Labute approximate surface area is 234 Å². The molecule has 0 bridgehead atoms. The van der Waals surface area contributed by atoms with Crippen LogP contribution in [-0.4, -0.2) is 18.2 Å². The van der Waals surface area contributed by atoms with Crippen LogP contribution in [0.1, 0.15) is 80.5 Å². The minimum absolute atomic E-state index is 0.0629. The molecule has 6 heteroatoms. The van der Waals surface area contributed by atoms with Gasteiger partial charge in [0, 0.05) is 16.5 Å². The van der Waals surface area contributed by atoms with Crippen molar-refractivity contribution in [1.82, 2.24) is 0 Å². The summed E-state index contributed by atoms with van der Waals surface area (Å²) in [6, 6.07) is 14.3. The number of hydrogen-bond donors (Lipinski definition) is 1. The molecule has 0 aliphatic heterocycles. The second-order valence-electron chi connectivity index (χ2n) is 12.5. The van der Waals surface area contributed by atoms with Crippen molar-refractivity contribution in [3.63, 3.8) is 0 Å². The number of carbonyl (C=O) groups is 1. The molecule has 4 nitrogen and oxygen atoms in total. The number of benzene rings is 3. The van der Waals surface area contributed by atoms with Crippen LogP contribution < -0.4 is 9.47 Å². The summed E-state index contributed by atoms with van der Waals surface area (Å²) in [6.45, 7) is 4.69. The van der Waals surface area contributed by atoms with Gasteiger partial charge in [-0.25, -0.2) is 8.78 Å². The zero-order valence-corrected chi connectivity index (χ0v) is 23.4. The van der Waals surface area contributed by atoms with Crippen LogP contribution in [0.15, 0.2) is 48.5 Å². The highest BCUT2D eigenvalue weighted by molar-refractivity contribution is 5.78. The molecule has 0 radical (unpaired) electrons. The molecule has 6 rings (SSSR count). The topological polar surface area (TPSA) is 55.8 Å². The molecule has 3 aliphatic carbocycles. The maximum Gasteiger partial charge on any atom is 0.307 e. The lowest BCUT2D eigenvalue weighted by molar-refractivity contribution is -0.139. The van der Waals surface area contributed by atoms with Gasteiger partial charge in [-0.05, 0) is 96.4 Å². The number of halogens is 2. The van der Waals surface area contributed by atoms with Gasteiger partial charge >= 0.3 is 5.97 Å². The first kappa shape index (κ1) is 26.8. The summed E-state index contributed by atoms with van der Waals surface area (Å²) in [5.41, 5.74) is 4.20. The highest BCUT2D eigenvalue weighted by Crippen LogP contribution is 2.61. The van der Waals surface area contributed by atoms with Crippen LogP contribution in [0.25, 0.3) is 11.1 Å². The number of methoxy groups -OCH3 is 1. The number of fused-ring (bicyclic) bond motifs is 2. The number of aliphatic carboxylic acids is 1. The monoisotopic (exact) mass is 546 g/mol. The quantitative estimate of drug-likeness (QED) is 0.325. The first-order chi connectivity index (χ1) is 19.1. The minimum atomic E-state index is -0.853. The molecule has 0 aromatic heterocycles. The van der Waals surface area contributed by atoms with Crippen molar-refractivity contribution in [3.05, 3.63) is 82.4 Å². The molecule has 0 amide bonds. The lowest BCUT2D eigenvalue weighted by Crippen LogP contribution is -2.23.